The highest BCUT2D eigenvalue weighted by Gasteiger charge is 2.00. The third-order valence-corrected chi connectivity index (χ3v) is 0.690. The van der Waals surface area contributed by atoms with E-state index < -0.39 is 6.29 Å². The second-order valence-corrected chi connectivity index (χ2v) is 1.41. The first-order valence-corrected chi connectivity index (χ1v) is 2.46. The summed E-state index contributed by atoms with van der Waals surface area (Å²) >= 11 is 0. The molecule has 0 aromatic rings. The van der Waals surface area contributed by atoms with E-state index >= 15 is 0 Å². The summed E-state index contributed by atoms with van der Waals surface area (Å²) in [6.07, 6.45) is 0.232. The maximum atomic E-state index is 8.54. The van der Waals surface area contributed by atoms with Crippen molar-refractivity contribution in [3.8, 4) is 0 Å². The zero-order valence-corrected chi connectivity index (χ0v) is 4.70. The van der Waals surface area contributed by atoms with Crippen LogP contribution in [0.15, 0.2) is 0 Å². The molecule has 0 aliphatic carbocycles. The quantitative estimate of drug-likeness (QED) is 0.324. The van der Waals surface area contributed by atoms with Gasteiger partial charge in [-0.25, -0.2) is 5.26 Å². The Kier molecular flexibility index (Phi) is 4.89. The first kappa shape index (κ1) is 7.84. The average Bonchev–Trinajstić information content (AvgIpc) is 1.68. The second-order valence-electron chi connectivity index (χ2n) is 1.41. The van der Waals surface area contributed by atoms with Gasteiger partial charge < -0.3 is 5.11 Å². The summed E-state index contributed by atoms with van der Waals surface area (Å²) in [5.41, 5.74) is 0. The lowest BCUT2D eigenvalue weighted by molar-refractivity contribution is -0.527. The number of aliphatic hydroxyl groups excluding tert-OH is 1. The van der Waals surface area contributed by atoms with Gasteiger partial charge in [0.25, 0.3) is 0 Å². The molecule has 0 heterocycles. The van der Waals surface area contributed by atoms with Crippen LogP contribution in [0.25, 0.3) is 0 Å². The summed E-state index contributed by atoms with van der Waals surface area (Å²) < 4.78 is 0. The van der Waals surface area contributed by atoms with Crippen LogP contribution in [0.1, 0.15) is 19.8 Å². The van der Waals surface area contributed by atoms with Crippen molar-refractivity contribution in [2.45, 2.75) is 26.1 Å². The predicted molar refractivity (Wildman–Crippen MR) is 25.7 cm³/mol. The van der Waals surface area contributed by atoms with Crippen LogP contribution >= 0.6 is 0 Å². The van der Waals surface area contributed by atoms with E-state index in [9.17, 15) is 0 Å². The number of rotatable bonds is 4. The Morgan fingerprint density at radius 3 is 2.62 bits per heavy atom. The van der Waals surface area contributed by atoms with Crippen molar-refractivity contribution >= 4 is 0 Å². The fourth-order valence-electron chi connectivity index (χ4n) is 0.345. The van der Waals surface area contributed by atoms with Crippen LogP contribution in [-0.4, -0.2) is 16.7 Å². The summed E-state index contributed by atoms with van der Waals surface area (Å²) in [5.74, 6) is 0. The van der Waals surface area contributed by atoms with Gasteiger partial charge in [-0.1, -0.05) is 18.4 Å². The largest absolute Gasteiger partial charge is 0.366 e. The van der Waals surface area contributed by atoms with Gasteiger partial charge in [0.1, 0.15) is 0 Å². The third kappa shape index (κ3) is 4.01. The molecule has 0 saturated carbocycles. The highest BCUT2D eigenvalue weighted by molar-refractivity contribution is 4.33. The van der Waals surface area contributed by atoms with Gasteiger partial charge in [-0.05, 0) is 0 Å². The summed E-state index contributed by atoms with van der Waals surface area (Å²) in [6.45, 7) is 1.88. The molecule has 0 fully saturated rings. The SMILES string of the molecule is CCCC(O)OOO. The van der Waals surface area contributed by atoms with Crippen LogP contribution in [0, 0.1) is 0 Å². The molecule has 0 aromatic heterocycles. The van der Waals surface area contributed by atoms with Crippen LogP contribution in [-0.2, 0) is 9.93 Å². The average molecular weight is 122 g/mol. The normalized spacial score (nSPS) is 13.9. The Balaban J connectivity index is 2.92. The Morgan fingerprint density at radius 1 is 1.62 bits per heavy atom. The molecular weight excluding hydrogens is 112 g/mol. The maximum absolute atomic E-state index is 8.54. The molecule has 0 radical (unpaired) electrons. The van der Waals surface area contributed by atoms with Gasteiger partial charge in [0.15, 0.2) is 6.29 Å². The molecule has 0 amide bonds. The van der Waals surface area contributed by atoms with Gasteiger partial charge in [-0.3, -0.25) is 0 Å². The van der Waals surface area contributed by atoms with E-state index in [2.05, 4.69) is 9.93 Å². The van der Waals surface area contributed by atoms with Gasteiger partial charge in [0.2, 0.25) is 0 Å². The molecule has 4 heteroatoms. The minimum Gasteiger partial charge on any atom is -0.366 e. The van der Waals surface area contributed by atoms with E-state index in [0.717, 1.165) is 6.42 Å². The van der Waals surface area contributed by atoms with Crippen LogP contribution in [0.3, 0.4) is 0 Å². The van der Waals surface area contributed by atoms with E-state index in [4.69, 9.17) is 10.4 Å². The fraction of sp³-hybridized carbons (Fsp3) is 1.00. The Labute approximate surface area is 47.5 Å². The van der Waals surface area contributed by atoms with Crippen LogP contribution in [0.4, 0.5) is 0 Å². The van der Waals surface area contributed by atoms with Crippen molar-refractivity contribution in [1.82, 2.24) is 0 Å². The second kappa shape index (κ2) is 4.99. The van der Waals surface area contributed by atoms with Crippen molar-refractivity contribution in [2.24, 2.45) is 0 Å². The molecule has 0 spiro atoms. The standard InChI is InChI=1S/C4H10O4/c1-2-3-4(5)7-8-6/h4-6H,2-3H2,1H3. The molecule has 0 aliphatic heterocycles. The lowest BCUT2D eigenvalue weighted by atomic mass is 10.3. The molecule has 50 valence electrons. The fourth-order valence-corrected chi connectivity index (χ4v) is 0.345. The van der Waals surface area contributed by atoms with Crippen LogP contribution < -0.4 is 0 Å². The van der Waals surface area contributed by atoms with Crippen LogP contribution in [0.5, 0.6) is 0 Å². The molecule has 2 N–H and O–H groups in total. The van der Waals surface area contributed by atoms with E-state index in [0.29, 0.717) is 6.42 Å². The van der Waals surface area contributed by atoms with Crippen molar-refractivity contribution < 1.29 is 20.3 Å². The smallest absolute Gasteiger partial charge is 0.191 e. The monoisotopic (exact) mass is 122 g/mol. The summed E-state index contributed by atoms with van der Waals surface area (Å²) in [7, 11) is 0. The molecule has 0 bridgehead atoms. The highest BCUT2D eigenvalue weighted by Crippen LogP contribution is 1.96. The molecule has 0 rings (SSSR count). The zero-order valence-electron chi connectivity index (χ0n) is 4.70. The Bertz CT molecular complexity index is 41.3. The van der Waals surface area contributed by atoms with E-state index in [-0.39, 0.29) is 0 Å². The van der Waals surface area contributed by atoms with Gasteiger partial charge >= 0.3 is 0 Å². The number of hydrogen-bond acceptors (Lipinski definition) is 4. The Hall–Kier alpha value is -0.160. The molecule has 0 saturated heterocycles. The van der Waals surface area contributed by atoms with Crippen molar-refractivity contribution in [1.29, 1.82) is 0 Å². The van der Waals surface area contributed by atoms with Gasteiger partial charge in [-0.2, -0.15) is 4.89 Å². The lowest BCUT2D eigenvalue weighted by Crippen LogP contribution is -2.09. The van der Waals surface area contributed by atoms with Gasteiger partial charge in [0.05, 0.1) is 0 Å². The molecule has 4 nitrogen and oxygen atoms in total. The first-order chi connectivity index (χ1) is 3.81. The Morgan fingerprint density at radius 2 is 2.25 bits per heavy atom. The minimum atomic E-state index is -1.01. The zero-order chi connectivity index (χ0) is 6.41. The molecule has 0 aliphatic rings. The molecular formula is C4H10O4. The summed E-state index contributed by atoms with van der Waals surface area (Å²) in [6, 6.07) is 0. The summed E-state index contributed by atoms with van der Waals surface area (Å²) in [5, 5.41) is 19.3. The molecule has 1 atom stereocenters. The first-order valence-electron chi connectivity index (χ1n) is 2.46. The van der Waals surface area contributed by atoms with E-state index in [1.807, 2.05) is 6.92 Å². The lowest BCUT2D eigenvalue weighted by Gasteiger charge is -2.03. The summed E-state index contributed by atoms with van der Waals surface area (Å²) in [4.78, 5) is 3.89. The molecule has 0 aromatic carbocycles. The maximum Gasteiger partial charge on any atom is 0.191 e. The van der Waals surface area contributed by atoms with E-state index in [1.54, 1.807) is 0 Å². The van der Waals surface area contributed by atoms with Gasteiger partial charge in [0, 0.05) is 6.42 Å². The van der Waals surface area contributed by atoms with Crippen molar-refractivity contribution in [3.05, 3.63) is 0 Å². The topological polar surface area (TPSA) is 58.9 Å². The third-order valence-electron chi connectivity index (χ3n) is 0.690. The van der Waals surface area contributed by atoms with E-state index in [1.165, 1.54) is 0 Å². The molecule has 8 heavy (non-hydrogen) atoms. The van der Waals surface area contributed by atoms with Crippen molar-refractivity contribution in [3.63, 3.8) is 0 Å². The van der Waals surface area contributed by atoms with Gasteiger partial charge in [-0.15, -0.1) is 0 Å². The van der Waals surface area contributed by atoms with Crippen LogP contribution in [0.2, 0.25) is 0 Å². The molecule has 1 unspecified atom stereocenters. The minimum absolute atomic E-state index is 0.459. The highest BCUT2D eigenvalue weighted by atomic mass is 17.5. The number of hydrogen-bond donors (Lipinski definition) is 2. The predicted octanol–water partition coefficient (Wildman–Crippen LogP) is 0.526. The van der Waals surface area contributed by atoms with Crippen molar-refractivity contribution in [2.75, 3.05) is 0 Å². The number of aliphatic hydroxyl groups is 1.